The second kappa shape index (κ2) is 5.88. The number of ether oxygens (including phenoxy) is 3. The van der Waals surface area contributed by atoms with Crippen LogP contribution in [-0.4, -0.2) is 19.3 Å². The lowest BCUT2D eigenvalue weighted by molar-refractivity contribution is -0.118. The van der Waals surface area contributed by atoms with Crippen LogP contribution >= 0.6 is 0 Å². The quantitative estimate of drug-likeness (QED) is 0.943. The van der Waals surface area contributed by atoms with Crippen molar-refractivity contribution < 1.29 is 27.8 Å². The maximum absolute atomic E-state index is 13.4. The molecule has 1 aliphatic heterocycles. The molecule has 0 bridgehead atoms. The Morgan fingerprint density at radius 2 is 1.95 bits per heavy atom. The van der Waals surface area contributed by atoms with Crippen LogP contribution < -0.4 is 19.5 Å². The van der Waals surface area contributed by atoms with Gasteiger partial charge in [-0.15, -0.1) is 0 Å². The Morgan fingerprint density at radius 1 is 1.14 bits per heavy atom. The van der Waals surface area contributed by atoms with E-state index in [1.165, 1.54) is 0 Å². The summed E-state index contributed by atoms with van der Waals surface area (Å²) in [4.78, 5) is 11.7. The van der Waals surface area contributed by atoms with Gasteiger partial charge in [0.25, 0.3) is 5.91 Å². The number of anilines is 1. The standard InChI is InChI=1S/C15H11F2NO4/c16-9-1-3-12(11(17)5-9)18-15(19)7-20-10-2-4-13-14(6-10)22-8-21-13/h1-6H,7-8H2,(H,18,19). The van der Waals surface area contributed by atoms with Gasteiger partial charge in [0.2, 0.25) is 6.79 Å². The fourth-order valence-corrected chi connectivity index (χ4v) is 1.89. The van der Waals surface area contributed by atoms with Gasteiger partial charge in [0.15, 0.2) is 18.1 Å². The highest BCUT2D eigenvalue weighted by molar-refractivity contribution is 5.92. The van der Waals surface area contributed by atoms with Crippen LogP contribution in [0.25, 0.3) is 0 Å². The Bertz CT molecular complexity index is 721. The van der Waals surface area contributed by atoms with E-state index in [4.69, 9.17) is 14.2 Å². The average Bonchev–Trinajstić information content (AvgIpc) is 2.95. The Labute approximate surface area is 124 Å². The molecule has 1 heterocycles. The summed E-state index contributed by atoms with van der Waals surface area (Å²) in [6, 6.07) is 7.76. The molecule has 0 saturated carbocycles. The van der Waals surface area contributed by atoms with Gasteiger partial charge in [0.1, 0.15) is 17.4 Å². The maximum atomic E-state index is 13.4. The molecule has 0 aromatic heterocycles. The van der Waals surface area contributed by atoms with E-state index in [0.29, 0.717) is 23.3 Å². The van der Waals surface area contributed by atoms with Crippen molar-refractivity contribution in [2.75, 3.05) is 18.7 Å². The fraction of sp³-hybridized carbons (Fsp3) is 0.133. The first kappa shape index (κ1) is 14.1. The molecule has 0 radical (unpaired) electrons. The van der Waals surface area contributed by atoms with Crippen LogP contribution in [0.2, 0.25) is 0 Å². The molecule has 2 aromatic carbocycles. The van der Waals surface area contributed by atoms with E-state index < -0.39 is 17.5 Å². The van der Waals surface area contributed by atoms with Gasteiger partial charge in [-0.05, 0) is 24.3 Å². The van der Waals surface area contributed by atoms with Crippen molar-refractivity contribution in [1.82, 2.24) is 0 Å². The number of hydrogen-bond donors (Lipinski definition) is 1. The predicted molar refractivity (Wildman–Crippen MR) is 73.0 cm³/mol. The molecule has 1 N–H and O–H groups in total. The topological polar surface area (TPSA) is 56.8 Å². The number of carbonyl (C=O) groups is 1. The van der Waals surface area contributed by atoms with E-state index in [9.17, 15) is 13.6 Å². The van der Waals surface area contributed by atoms with Crippen molar-refractivity contribution in [2.24, 2.45) is 0 Å². The molecule has 0 fully saturated rings. The molecule has 0 aliphatic carbocycles. The summed E-state index contributed by atoms with van der Waals surface area (Å²) in [6.07, 6.45) is 0. The van der Waals surface area contributed by atoms with E-state index in [1.54, 1.807) is 18.2 Å². The summed E-state index contributed by atoms with van der Waals surface area (Å²) < 4.78 is 41.8. The Morgan fingerprint density at radius 3 is 2.77 bits per heavy atom. The Hall–Kier alpha value is -2.83. The van der Waals surface area contributed by atoms with E-state index >= 15 is 0 Å². The van der Waals surface area contributed by atoms with Gasteiger partial charge in [0, 0.05) is 12.1 Å². The molecule has 22 heavy (non-hydrogen) atoms. The molecule has 114 valence electrons. The molecular formula is C15H11F2NO4. The number of carbonyl (C=O) groups excluding carboxylic acids is 1. The first-order valence-corrected chi connectivity index (χ1v) is 6.39. The van der Waals surface area contributed by atoms with E-state index in [-0.39, 0.29) is 19.1 Å². The highest BCUT2D eigenvalue weighted by atomic mass is 19.1. The van der Waals surface area contributed by atoms with Crippen LogP contribution in [0.5, 0.6) is 17.2 Å². The number of nitrogens with one attached hydrogen (secondary N) is 1. The number of rotatable bonds is 4. The van der Waals surface area contributed by atoms with Crippen molar-refractivity contribution in [1.29, 1.82) is 0 Å². The summed E-state index contributed by atoms with van der Waals surface area (Å²) in [7, 11) is 0. The van der Waals surface area contributed by atoms with Crippen molar-refractivity contribution in [3.8, 4) is 17.2 Å². The van der Waals surface area contributed by atoms with Gasteiger partial charge in [-0.3, -0.25) is 4.79 Å². The number of amides is 1. The lowest BCUT2D eigenvalue weighted by Crippen LogP contribution is -2.20. The summed E-state index contributed by atoms with van der Waals surface area (Å²) in [5.41, 5.74) is -0.110. The number of benzene rings is 2. The largest absolute Gasteiger partial charge is 0.484 e. The van der Waals surface area contributed by atoms with Crippen molar-refractivity contribution in [3.63, 3.8) is 0 Å². The molecule has 2 aromatic rings. The second-order valence-electron chi connectivity index (χ2n) is 4.48. The minimum absolute atomic E-state index is 0.110. The van der Waals surface area contributed by atoms with Crippen LogP contribution in [0.15, 0.2) is 36.4 Å². The van der Waals surface area contributed by atoms with Gasteiger partial charge in [0.05, 0.1) is 5.69 Å². The van der Waals surface area contributed by atoms with Crippen molar-refractivity contribution in [2.45, 2.75) is 0 Å². The zero-order valence-corrected chi connectivity index (χ0v) is 11.3. The van der Waals surface area contributed by atoms with Crippen LogP contribution in [0.4, 0.5) is 14.5 Å². The predicted octanol–water partition coefficient (Wildman–Crippen LogP) is 2.71. The first-order chi connectivity index (χ1) is 10.6. The summed E-state index contributed by atoms with van der Waals surface area (Å²) in [6.45, 7) is -0.181. The molecule has 0 unspecified atom stereocenters. The highest BCUT2D eigenvalue weighted by Crippen LogP contribution is 2.35. The number of halogens is 2. The fourth-order valence-electron chi connectivity index (χ4n) is 1.89. The molecular weight excluding hydrogens is 296 g/mol. The van der Waals surface area contributed by atoms with Crippen molar-refractivity contribution >= 4 is 11.6 Å². The van der Waals surface area contributed by atoms with Gasteiger partial charge in [-0.2, -0.15) is 0 Å². The number of hydrogen-bond acceptors (Lipinski definition) is 4. The third-order valence-electron chi connectivity index (χ3n) is 2.92. The summed E-state index contributed by atoms with van der Waals surface area (Å²) in [5.74, 6) is -0.585. The van der Waals surface area contributed by atoms with Crippen LogP contribution in [0.3, 0.4) is 0 Å². The highest BCUT2D eigenvalue weighted by Gasteiger charge is 2.14. The van der Waals surface area contributed by atoms with Crippen LogP contribution in [0.1, 0.15) is 0 Å². The molecule has 1 aliphatic rings. The van der Waals surface area contributed by atoms with E-state index in [1.807, 2.05) is 0 Å². The lowest BCUT2D eigenvalue weighted by Gasteiger charge is -2.08. The van der Waals surface area contributed by atoms with Gasteiger partial charge in [-0.25, -0.2) is 8.78 Å². The molecule has 1 amide bonds. The SMILES string of the molecule is O=C(COc1ccc2c(c1)OCO2)Nc1ccc(F)cc1F. The zero-order chi connectivity index (χ0) is 15.5. The van der Waals surface area contributed by atoms with Crippen LogP contribution in [0, 0.1) is 11.6 Å². The van der Waals surface area contributed by atoms with Gasteiger partial charge >= 0.3 is 0 Å². The molecule has 5 nitrogen and oxygen atoms in total. The molecule has 0 spiro atoms. The van der Waals surface area contributed by atoms with Crippen LogP contribution in [-0.2, 0) is 4.79 Å². The summed E-state index contributed by atoms with van der Waals surface area (Å²) >= 11 is 0. The zero-order valence-electron chi connectivity index (χ0n) is 11.3. The van der Waals surface area contributed by atoms with E-state index in [0.717, 1.165) is 12.1 Å². The second-order valence-corrected chi connectivity index (χ2v) is 4.48. The normalized spacial score (nSPS) is 12.1. The first-order valence-electron chi connectivity index (χ1n) is 6.39. The van der Waals surface area contributed by atoms with Gasteiger partial charge in [-0.1, -0.05) is 0 Å². The molecule has 0 atom stereocenters. The lowest BCUT2D eigenvalue weighted by atomic mass is 10.3. The third-order valence-corrected chi connectivity index (χ3v) is 2.92. The summed E-state index contributed by atoms with van der Waals surface area (Å²) in [5, 5.41) is 2.30. The maximum Gasteiger partial charge on any atom is 0.262 e. The molecule has 0 saturated heterocycles. The Kier molecular flexibility index (Phi) is 3.78. The minimum atomic E-state index is -0.851. The monoisotopic (exact) mass is 307 g/mol. The smallest absolute Gasteiger partial charge is 0.262 e. The Balaban J connectivity index is 1.58. The minimum Gasteiger partial charge on any atom is -0.484 e. The van der Waals surface area contributed by atoms with Crippen molar-refractivity contribution in [3.05, 3.63) is 48.0 Å². The van der Waals surface area contributed by atoms with Gasteiger partial charge < -0.3 is 19.5 Å². The molecule has 3 rings (SSSR count). The van der Waals surface area contributed by atoms with E-state index in [2.05, 4.69) is 5.32 Å². The molecule has 7 heteroatoms. The number of fused-ring (bicyclic) bond motifs is 1. The average molecular weight is 307 g/mol. The third kappa shape index (κ3) is 3.08.